The van der Waals surface area contributed by atoms with E-state index in [0.717, 1.165) is 0 Å². The van der Waals surface area contributed by atoms with E-state index in [2.05, 4.69) is 43.3 Å². The van der Waals surface area contributed by atoms with Crippen molar-refractivity contribution in [3.8, 4) is 0 Å². The Morgan fingerprint density at radius 3 is 2.31 bits per heavy atom. The van der Waals surface area contributed by atoms with Gasteiger partial charge in [0.05, 0.1) is 6.10 Å². The molecule has 0 aromatic heterocycles. The van der Waals surface area contributed by atoms with E-state index < -0.39 is 0 Å². The summed E-state index contributed by atoms with van der Waals surface area (Å²) < 4.78 is 5.37. The maximum atomic E-state index is 5.37. The normalized spacial score (nSPS) is 25.7. The molecule has 0 N–H and O–H groups in total. The summed E-state index contributed by atoms with van der Waals surface area (Å²) in [6, 6.07) is 8.41. The van der Waals surface area contributed by atoms with Gasteiger partial charge in [0, 0.05) is 13.0 Å². The van der Waals surface area contributed by atoms with Crippen LogP contribution in [-0.2, 0) is 4.74 Å². The zero-order chi connectivity index (χ0) is 9.26. The quantitative estimate of drug-likeness (QED) is 0.615. The Hall–Kier alpha value is -1.08. The Morgan fingerprint density at radius 2 is 1.69 bits per heavy atom. The van der Waals surface area contributed by atoms with Crippen LogP contribution in [0.3, 0.4) is 0 Å². The number of hydrogen-bond donors (Lipinski definition) is 0. The van der Waals surface area contributed by atoms with Crippen LogP contribution in [0.15, 0.2) is 24.3 Å². The topological polar surface area (TPSA) is 9.23 Å². The maximum Gasteiger partial charge on any atom is 0.0821 e. The lowest BCUT2D eigenvalue weighted by molar-refractivity contribution is 0.128. The third kappa shape index (κ3) is 1.52. The van der Waals surface area contributed by atoms with Crippen molar-refractivity contribution in [1.82, 2.24) is 0 Å². The molecular weight excluding hydrogens is 160 g/mol. The molecule has 0 radical (unpaired) electrons. The van der Waals surface area contributed by atoms with Crippen LogP contribution in [0.25, 0.3) is 12.2 Å². The van der Waals surface area contributed by atoms with Gasteiger partial charge >= 0.3 is 0 Å². The van der Waals surface area contributed by atoms with Gasteiger partial charge < -0.3 is 4.74 Å². The van der Waals surface area contributed by atoms with Gasteiger partial charge in [-0.05, 0) is 16.5 Å². The van der Waals surface area contributed by atoms with Crippen LogP contribution >= 0.6 is 0 Å². The SMILES string of the molecule is COC1C=c2ccccc2=CC1C. The van der Waals surface area contributed by atoms with E-state index in [1.807, 2.05) is 0 Å². The Labute approximate surface area is 78.3 Å². The lowest BCUT2D eigenvalue weighted by Gasteiger charge is -2.19. The number of ether oxygens (including phenoxy) is 1. The van der Waals surface area contributed by atoms with Crippen LogP contribution in [0, 0.1) is 5.92 Å². The van der Waals surface area contributed by atoms with E-state index in [-0.39, 0.29) is 6.10 Å². The number of methoxy groups -OCH3 is 1. The van der Waals surface area contributed by atoms with Crippen LogP contribution in [0.2, 0.25) is 0 Å². The summed E-state index contributed by atoms with van der Waals surface area (Å²) in [6.45, 7) is 2.18. The predicted octanol–water partition coefficient (Wildman–Crippen LogP) is 0.912. The molecule has 0 aliphatic heterocycles. The highest BCUT2D eigenvalue weighted by molar-refractivity contribution is 5.44. The Bertz CT molecular complexity index is 405. The summed E-state index contributed by atoms with van der Waals surface area (Å²) in [6.07, 6.45) is 4.69. The van der Waals surface area contributed by atoms with E-state index in [1.54, 1.807) is 7.11 Å². The molecule has 0 heterocycles. The first-order valence-corrected chi connectivity index (χ1v) is 4.63. The fraction of sp³-hybridized carbons (Fsp3) is 0.333. The third-order valence-corrected chi connectivity index (χ3v) is 2.57. The van der Waals surface area contributed by atoms with E-state index in [0.29, 0.717) is 5.92 Å². The molecule has 0 saturated heterocycles. The Morgan fingerprint density at radius 1 is 1.08 bits per heavy atom. The number of fused-ring (bicyclic) bond motifs is 1. The van der Waals surface area contributed by atoms with Crippen molar-refractivity contribution in [2.45, 2.75) is 13.0 Å². The summed E-state index contributed by atoms with van der Waals surface area (Å²) in [7, 11) is 1.76. The standard InChI is InChI=1S/C12H14O/c1-9-7-10-5-3-4-6-11(10)8-12(9)13-2/h3-9,12H,1-2H3. The molecule has 1 heteroatoms. The summed E-state index contributed by atoms with van der Waals surface area (Å²) in [4.78, 5) is 0. The molecule has 1 aliphatic rings. The summed E-state index contributed by atoms with van der Waals surface area (Å²) in [5.74, 6) is 0.472. The lowest BCUT2D eigenvalue weighted by Crippen LogP contribution is -2.34. The summed E-state index contributed by atoms with van der Waals surface area (Å²) >= 11 is 0. The first-order valence-electron chi connectivity index (χ1n) is 4.63. The fourth-order valence-corrected chi connectivity index (χ4v) is 1.80. The van der Waals surface area contributed by atoms with Gasteiger partial charge in [-0.2, -0.15) is 0 Å². The maximum absolute atomic E-state index is 5.37. The van der Waals surface area contributed by atoms with Crippen LogP contribution in [0.1, 0.15) is 6.92 Å². The number of benzene rings is 1. The molecule has 1 aromatic carbocycles. The second kappa shape index (κ2) is 3.35. The average Bonchev–Trinajstić information content (AvgIpc) is 2.17. The van der Waals surface area contributed by atoms with Crippen LogP contribution < -0.4 is 10.4 Å². The summed E-state index contributed by atoms with van der Waals surface area (Å²) in [5, 5.41) is 2.61. The van der Waals surface area contributed by atoms with Crippen molar-refractivity contribution >= 4 is 12.2 Å². The molecule has 2 unspecified atom stereocenters. The average molecular weight is 174 g/mol. The zero-order valence-electron chi connectivity index (χ0n) is 8.03. The molecule has 1 aromatic rings. The lowest BCUT2D eigenvalue weighted by atomic mass is 9.96. The van der Waals surface area contributed by atoms with E-state index in [1.165, 1.54) is 10.4 Å². The fourth-order valence-electron chi connectivity index (χ4n) is 1.80. The van der Waals surface area contributed by atoms with Crippen LogP contribution in [0.5, 0.6) is 0 Å². The molecule has 1 nitrogen and oxygen atoms in total. The molecule has 2 rings (SSSR count). The monoisotopic (exact) mass is 174 g/mol. The van der Waals surface area contributed by atoms with E-state index in [4.69, 9.17) is 4.74 Å². The molecule has 0 spiro atoms. The second-order valence-corrected chi connectivity index (χ2v) is 3.52. The largest absolute Gasteiger partial charge is 0.377 e. The Balaban J connectivity index is 2.59. The van der Waals surface area contributed by atoms with E-state index in [9.17, 15) is 0 Å². The smallest absolute Gasteiger partial charge is 0.0821 e. The number of hydrogen-bond acceptors (Lipinski definition) is 1. The molecule has 0 bridgehead atoms. The van der Waals surface area contributed by atoms with Crippen LogP contribution in [0.4, 0.5) is 0 Å². The highest BCUT2D eigenvalue weighted by Gasteiger charge is 2.13. The molecular formula is C12H14O. The van der Waals surface area contributed by atoms with Gasteiger partial charge in [-0.15, -0.1) is 0 Å². The van der Waals surface area contributed by atoms with Gasteiger partial charge in [0.15, 0.2) is 0 Å². The van der Waals surface area contributed by atoms with Gasteiger partial charge in [0.2, 0.25) is 0 Å². The van der Waals surface area contributed by atoms with Gasteiger partial charge in [0.25, 0.3) is 0 Å². The minimum atomic E-state index is 0.231. The van der Waals surface area contributed by atoms with Gasteiger partial charge in [-0.25, -0.2) is 0 Å². The molecule has 0 saturated carbocycles. The van der Waals surface area contributed by atoms with Crippen molar-refractivity contribution in [3.05, 3.63) is 34.7 Å². The summed E-state index contributed by atoms with van der Waals surface area (Å²) in [5.41, 5.74) is 0. The van der Waals surface area contributed by atoms with Crippen molar-refractivity contribution in [2.75, 3.05) is 7.11 Å². The Kier molecular flexibility index (Phi) is 2.19. The number of rotatable bonds is 1. The molecule has 0 amide bonds. The molecule has 2 atom stereocenters. The van der Waals surface area contributed by atoms with Crippen molar-refractivity contribution in [3.63, 3.8) is 0 Å². The third-order valence-electron chi connectivity index (χ3n) is 2.57. The van der Waals surface area contributed by atoms with Crippen molar-refractivity contribution < 1.29 is 4.74 Å². The molecule has 0 fully saturated rings. The van der Waals surface area contributed by atoms with Crippen LogP contribution in [-0.4, -0.2) is 13.2 Å². The molecule has 68 valence electrons. The van der Waals surface area contributed by atoms with Gasteiger partial charge in [-0.3, -0.25) is 0 Å². The van der Waals surface area contributed by atoms with Gasteiger partial charge in [-0.1, -0.05) is 37.3 Å². The van der Waals surface area contributed by atoms with Crippen molar-refractivity contribution in [2.24, 2.45) is 5.92 Å². The van der Waals surface area contributed by atoms with E-state index >= 15 is 0 Å². The molecule has 13 heavy (non-hydrogen) atoms. The first-order chi connectivity index (χ1) is 6.31. The highest BCUT2D eigenvalue weighted by Crippen LogP contribution is 2.11. The predicted molar refractivity (Wildman–Crippen MR) is 54.6 cm³/mol. The van der Waals surface area contributed by atoms with Gasteiger partial charge in [0.1, 0.15) is 0 Å². The minimum absolute atomic E-state index is 0.231. The minimum Gasteiger partial charge on any atom is -0.377 e. The highest BCUT2D eigenvalue weighted by atomic mass is 16.5. The van der Waals surface area contributed by atoms with Crippen molar-refractivity contribution in [1.29, 1.82) is 0 Å². The molecule has 1 aliphatic carbocycles. The zero-order valence-corrected chi connectivity index (χ0v) is 8.03. The first kappa shape index (κ1) is 8.52. The second-order valence-electron chi connectivity index (χ2n) is 3.52.